The van der Waals surface area contributed by atoms with Crippen molar-refractivity contribution in [3.8, 4) is 0 Å². The Morgan fingerprint density at radius 1 is 1.19 bits per heavy atom. The summed E-state index contributed by atoms with van der Waals surface area (Å²) >= 11 is 0. The van der Waals surface area contributed by atoms with Crippen molar-refractivity contribution in [3.63, 3.8) is 0 Å². The molecule has 2 aliphatic rings. The van der Waals surface area contributed by atoms with E-state index in [2.05, 4.69) is 26.1 Å². The first-order chi connectivity index (χ1) is 9.65. The smallest absolute Gasteiger partial charge is 0.248 e. The minimum absolute atomic E-state index is 0.0675. The van der Waals surface area contributed by atoms with E-state index in [4.69, 9.17) is 0 Å². The maximum absolute atomic E-state index is 13.0. The van der Waals surface area contributed by atoms with Crippen LogP contribution in [0, 0.1) is 5.41 Å². The van der Waals surface area contributed by atoms with E-state index >= 15 is 0 Å². The second-order valence-electron chi connectivity index (χ2n) is 8.15. The topological polar surface area (TPSA) is 49.4 Å². The molecule has 1 aliphatic heterocycles. The van der Waals surface area contributed by atoms with E-state index in [1.807, 2.05) is 18.7 Å². The third kappa shape index (κ3) is 2.82. The Hall–Kier alpha value is -1.06. The summed E-state index contributed by atoms with van der Waals surface area (Å²) in [6, 6.07) is 0. The molecule has 2 rings (SSSR count). The number of piperazine rings is 1. The van der Waals surface area contributed by atoms with Gasteiger partial charge >= 0.3 is 0 Å². The minimum Gasteiger partial charge on any atom is -0.340 e. The lowest BCUT2D eigenvalue weighted by atomic mass is 9.82. The first-order valence-electron chi connectivity index (χ1n) is 8.29. The lowest BCUT2D eigenvalue weighted by molar-refractivity contribution is -0.163. The monoisotopic (exact) mass is 294 g/mol. The zero-order valence-electron chi connectivity index (χ0n) is 14.2. The van der Waals surface area contributed by atoms with Gasteiger partial charge in [-0.15, -0.1) is 0 Å². The Bertz CT molecular complexity index is 433. The molecule has 0 aromatic carbocycles. The number of hydrogen-bond acceptors (Lipinski definition) is 2. The maximum atomic E-state index is 13.0. The Morgan fingerprint density at radius 3 is 2.24 bits per heavy atom. The van der Waals surface area contributed by atoms with Crippen molar-refractivity contribution in [1.82, 2.24) is 10.2 Å². The van der Waals surface area contributed by atoms with Crippen LogP contribution in [0.3, 0.4) is 0 Å². The normalized spacial score (nSPS) is 29.1. The molecule has 0 bridgehead atoms. The highest BCUT2D eigenvalue weighted by molar-refractivity contribution is 6.02. The molecule has 1 N–H and O–H groups in total. The van der Waals surface area contributed by atoms with E-state index < -0.39 is 11.1 Å². The van der Waals surface area contributed by atoms with Gasteiger partial charge in [0.05, 0.1) is 0 Å². The third-order valence-corrected chi connectivity index (χ3v) is 5.27. The lowest BCUT2D eigenvalue weighted by Gasteiger charge is -2.50. The molecule has 0 aromatic rings. The molecule has 1 saturated heterocycles. The summed E-state index contributed by atoms with van der Waals surface area (Å²) in [6.45, 7) is 11.1. The average Bonchev–Trinajstić information content (AvgIpc) is 2.86. The van der Waals surface area contributed by atoms with Crippen molar-refractivity contribution in [3.05, 3.63) is 0 Å². The van der Waals surface area contributed by atoms with Crippen LogP contribution < -0.4 is 5.32 Å². The Balaban J connectivity index is 2.32. The number of carbonyl (C=O) groups excluding carboxylic acids is 2. The van der Waals surface area contributed by atoms with Crippen molar-refractivity contribution in [2.75, 3.05) is 6.54 Å². The summed E-state index contributed by atoms with van der Waals surface area (Å²) < 4.78 is 0. The van der Waals surface area contributed by atoms with Gasteiger partial charge in [-0.1, -0.05) is 40.5 Å². The first kappa shape index (κ1) is 16.3. The van der Waals surface area contributed by atoms with E-state index in [0.717, 1.165) is 32.1 Å². The van der Waals surface area contributed by atoms with Crippen molar-refractivity contribution in [2.24, 2.45) is 5.41 Å². The molecule has 1 aliphatic carbocycles. The Kier molecular flexibility index (Phi) is 4.11. The summed E-state index contributed by atoms with van der Waals surface area (Å²) in [7, 11) is 0. The third-order valence-electron chi connectivity index (χ3n) is 5.27. The van der Waals surface area contributed by atoms with Crippen molar-refractivity contribution >= 4 is 11.8 Å². The second kappa shape index (κ2) is 5.29. The van der Waals surface area contributed by atoms with Gasteiger partial charge in [0.1, 0.15) is 11.1 Å². The van der Waals surface area contributed by atoms with Crippen LogP contribution in [0.25, 0.3) is 0 Å². The molecule has 1 unspecified atom stereocenters. The predicted molar refractivity (Wildman–Crippen MR) is 83.8 cm³/mol. The molecule has 120 valence electrons. The highest BCUT2D eigenvalue weighted by Gasteiger charge is 2.56. The van der Waals surface area contributed by atoms with Crippen LogP contribution >= 0.6 is 0 Å². The fourth-order valence-corrected chi connectivity index (χ4v) is 3.49. The highest BCUT2D eigenvalue weighted by Crippen LogP contribution is 2.41. The van der Waals surface area contributed by atoms with Gasteiger partial charge in [-0.2, -0.15) is 0 Å². The minimum atomic E-state index is -0.733. The molecule has 4 heteroatoms. The molecule has 21 heavy (non-hydrogen) atoms. The number of nitrogens with one attached hydrogen (secondary N) is 1. The molecular weight excluding hydrogens is 264 g/mol. The van der Waals surface area contributed by atoms with Gasteiger partial charge in [0.2, 0.25) is 11.8 Å². The van der Waals surface area contributed by atoms with Crippen LogP contribution in [0.15, 0.2) is 0 Å². The van der Waals surface area contributed by atoms with Crippen molar-refractivity contribution in [2.45, 2.75) is 84.2 Å². The number of amides is 2. The summed E-state index contributed by atoms with van der Waals surface area (Å²) in [4.78, 5) is 27.7. The highest BCUT2D eigenvalue weighted by atomic mass is 16.2. The second-order valence-corrected chi connectivity index (χ2v) is 8.15. The van der Waals surface area contributed by atoms with Gasteiger partial charge in [0.25, 0.3) is 0 Å². The van der Waals surface area contributed by atoms with Gasteiger partial charge in [0, 0.05) is 6.54 Å². The van der Waals surface area contributed by atoms with E-state index in [1.165, 1.54) is 0 Å². The van der Waals surface area contributed by atoms with Gasteiger partial charge < -0.3 is 10.2 Å². The number of hydrogen-bond donors (Lipinski definition) is 1. The van der Waals surface area contributed by atoms with E-state index in [-0.39, 0.29) is 17.2 Å². The average molecular weight is 294 g/mol. The van der Waals surface area contributed by atoms with Crippen LogP contribution in [0.5, 0.6) is 0 Å². The molecule has 1 heterocycles. The van der Waals surface area contributed by atoms with Crippen molar-refractivity contribution in [1.29, 1.82) is 0 Å². The van der Waals surface area contributed by atoms with Gasteiger partial charge in [-0.05, 0) is 38.0 Å². The molecule has 2 fully saturated rings. The van der Waals surface area contributed by atoms with Crippen LogP contribution in [0.2, 0.25) is 0 Å². The van der Waals surface area contributed by atoms with Gasteiger partial charge in [0.15, 0.2) is 0 Å². The fraction of sp³-hybridized carbons (Fsp3) is 0.882. The van der Waals surface area contributed by atoms with E-state index in [9.17, 15) is 9.59 Å². The molecule has 0 radical (unpaired) electrons. The van der Waals surface area contributed by atoms with Gasteiger partial charge in [-0.25, -0.2) is 0 Å². The molecular formula is C17H30N2O2. The summed E-state index contributed by atoms with van der Waals surface area (Å²) in [5.74, 6) is 0.175. The van der Waals surface area contributed by atoms with Crippen LogP contribution in [0.1, 0.15) is 73.1 Å². The van der Waals surface area contributed by atoms with Crippen LogP contribution in [0.4, 0.5) is 0 Å². The largest absolute Gasteiger partial charge is 0.340 e. The molecule has 1 atom stereocenters. The zero-order chi connectivity index (χ0) is 15.9. The Morgan fingerprint density at radius 2 is 1.76 bits per heavy atom. The standard InChI is InChI=1S/C17H30N2O2/c1-6-16(5)14(21)19(12-11-15(2,3)4)17(13(20)18-16)9-7-8-10-17/h6-12H2,1-5H3,(H,18,20). The zero-order valence-corrected chi connectivity index (χ0v) is 14.2. The number of nitrogens with zero attached hydrogens (tertiary/aromatic N) is 1. The fourth-order valence-electron chi connectivity index (χ4n) is 3.49. The SMILES string of the molecule is CCC1(C)NC(=O)C2(CCCC2)N(CCC(C)(C)C)C1=O. The van der Waals surface area contributed by atoms with Crippen molar-refractivity contribution < 1.29 is 9.59 Å². The Labute approximate surface area is 128 Å². The molecule has 0 aromatic heterocycles. The quantitative estimate of drug-likeness (QED) is 0.870. The number of carbonyl (C=O) groups is 2. The molecule has 1 saturated carbocycles. The molecule has 2 amide bonds. The molecule has 1 spiro atoms. The summed E-state index contributed by atoms with van der Waals surface area (Å²) in [5.41, 5.74) is -1.14. The van der Waals surface area contributed by atoms with Gasteiger partial charge in [-0.3, -0.25) is 9.59 Å². The first-order valence-corrected chi connectivity index (χ1v) is 8.29. The predicted octanol–water partition coefficient (Wildman–Crippen LogP) is 2.86. The van der Waals surface area contributed by atoms with E-state index in [0.29, 0.717) is 13.0 Å². The van der Waals surface area contributed by atoms with Crippen LogP contribution in [-0.2, 0) is 9.59 Å². The molecule has 4 nitrogen and oxygen atoms in total. The number of rotatable bonds is 3. The lowest BCUT2D eigenvalue weighted by Crippen LogP contribution is -2.74. The van der Waals surface area contributed by atoms with Crippen LogP contribution in [-0.4, -0.2) is 34.3 Å². The maximum Gasteiger partial charge on any atom is 0.248 e. The van der Waals surface area contributed by atoms with E-state index in [1.54, 1.807) is 0 Å². The summed E-state index contributed by atoms with van der Waals surface area (Å²) in [6.07, 6.45) is 5.27. The summed E-state index contributed by atoms with van der Waals surface area (Å²) in [5, 5.41) is 3.02.